The highest BCUT2D eigenvalue weighted by Gasteiger charge is 2.26. The molecule has 0 amide bonds. The van der Waals surface area contributed by atoms with Crippen LogP contribution in [-0.4, -0.2) is 29.4 Å². The van der Waals surface area contributed by atoms with Gasteiger partial charge in [0, 0.05) is 14.2 Å². The van der Waals surface area contributed by atoms with E-state index in [9.17, 15) is 0 Å². The molecule has 0 aromatic heterocycles. The van der Waals surface area contributed by atoms with E-state index in [1.807, 2.05) is 13.0 Å². The van der Waals surface area contributed by atoms with Gasteiger partial charge in [-0.05, 0) is 24.5 Å². The Hall–Kier alpha value is -0.943. The third-order valence-electron chi connectivity index (χ3n) is 3.33. The van der Waals surface area contributed by atoms with Gasteiger partial charge in [-0.15, -0.1) is 0 Å². The summed E-state index contributed by atoms with van der Waals surface area (Å²) in [5.74, 6) is 0. The Labute approximate surface area is 118 Å². The molecule has 0 aliphatic heterocycles. The molecular formula is C15H24O3Si. The first-order valence-corrected chi connectivity index (χ1v) is 7.81. The first kappa shape index (κ1) is 16.1. The van der Waals surface area contributed by atoms with E-state index in [1.54, 1.807) is 14.2 Å². The lowest BCUT2D eigenvalue weighted by molar-refractivity contribution is -0.140. The van der Waals surface area contributed by atoms with Crippen LogP contribution in [0.1, 0.15) is 37.5 Å². The Balaban J connectivity index is 2.69. The van der Waals surface area contributed by atoms with E-state index < -0.39 is 15.2 Å². The van der Waals surface area contributed by atoms with Crippen molar-refractivity contribution in [1.29, 1.82) is 0 Å². The molecule has 1 aromatic carbocycles. The van der Waals surface area contributed by atoms with Gasteiger partial charge in [0.05, 0.1) is 6.10 Å². The lowest BCUT2D eigenvalue weighted by Gasteiger charge is -2.28. The summed E-state index contributed by atoms with van der Waals surface area (Å²) in [6.07, 6.45) is 2.88. The van der Waals surface area contributed by atoms with Crippen molar-refractivity contribution < 1.29 is 13.9 Å². The summed E-state index contributed by atoms with van der Waals surface area (Å²) in [4.78, 5) is 0. The zero-order chi connectivity index (χ0) is 14.3. The average molecular weight is 280 g/mol. The SMILES string of the molecule is C=Cc1ccc(C(CC)O[SiH2]C(C)(OC)OC)cc1. The second kappa shape index (κ2) is 7.60. The minimum Gasteiger partial charge on any atom is -0.411 e. The van der Waals surface area contributed by atoms with Crippen molar-refractivity contribution in [1.82, 2.24) is 0 Å². The van der Waals surface area contributed by atoms with Crippen molar-refractivity contribution in [3.8, 4) is 0 Å². The van der Waals surface area contributed by atoms with Crippen LogP contribution in [0.2, 0.25) is 0 Å². The van der Waals surface area contributed by atoms with Gasteiger partial charge in [-0.2, -0.15) is 0 Å². The zero-order valence-corrected chi connectivity index (χ0v) is 13.7. The second-order valence-electron chi connectivity index (χ2n) is 4.62. The van der Waals surface area contributed by atoms with Crippen LogP contribution in [0.25, 0.3) is 6.08 Å². The Morgan fingerprint density at radius 3 is 2.26 bits per heavy atom. The fourth-order valence-corrected chi connectivity index (χ4v) is 2.92. The van der Waals surface area contributed by atoms with Gasteiger partial charge in [0.2, 0.25) is 9.76 Å². The molecule has 0 saturated heterocycles. The number of hydrogen-bond donors (Lipinski definition) is 0. The topological polar surface area (TPSA) is 27.7 Å². The maximum Gasteiger partial charge on any atom is 0.228 e. The summed E-state index contributed by atoms with van der Waals surface area (Å²) in [7, 11) is 2.35. The smallest absolute Gasteiger partial charge is 0.228 e. The quantitative estimate of drug-likeness (QED) is 0.541. The van der Waals surface area contributed by atoms with E-state index in [4.69, 9.17) is 13.9 Å². The first-order chi connectivity index (χ1) is 9.08. The van der Waals surface area contributed by atoms with Crippen molar-refractivity contribution in [2.24, 2.45) is 0 Å². The van der Waals surface area contributed by atoms with E-state index in [-0.39, 0.29) is 6.10 Å². The van der Waals surface area contributed by atoms with Crippen molar-refractivity contribution in [2.75, 3.05) is 14.2 Å². The molecule has 0 radical (unpaired) electrons. The van der Waals surface area contributed by atoms with Gasteiger partial charge >= 0.3 is 0 Å². The summed E-state index contributed by atoms with van der Waals surface area (Å²) < 4.78 is 16.8. The van der Waals surface area contributed by atoms with Crippen LogP contribution in [0.5, 0.6) is 0 Å². The van der Waals surface area contributed by atoms with Gasteiger partial charge in [-0.1, -0.05) is 43.8 Å². The van der Waals surface area contributed by atoms with E-state index in [0.29, 0.717) is 0 Å². The number of hydrogen-bond acceptors (Lipinski definition) is 3. The average Bonchev–Trinajstić information content (AvgIpc) is 2.48. The van der Waals surface area contributed by atoms with Gasteiger partial charge in [-0.25, -0.2) is 0 Å². The number of rotatable bonds is 8. The molecule has 0 aliphatic carbocycles. The minimum atomic E-state index is -0.953. The van der Waals surface area contributed by atoms with E-state index in [0.717, 1.165) is 12.0 Å². The molecule has 0 bridgehead atoms. The van der Waals surface area contributed by atoms with Crippen molar-refractivity contribution in [3.05, 3.63) is 42.0 Å². The third-order valence-corrected chi connectivity index (χ3v) is 5.00. The Morgan fingerprint density at radius 2 is 1.84 bits per heavy atom. The molecule has 19 heavy (non-hydrogen) atoms. The standard InChI is InChI=1S/C15H24O3Si/c1-6-12-8-10-13(11-9-12)14(7-2)18-19-15(3,16-4)17-5/h6,8-11,14H,1,7,19H2,2-5H3. The predicted molar refractivity (Wildman–Crippen MR) is 81.6 cm³/mol. The molecule has 3 nitrogen and oxygen atoms in total. The molecule has 0 aliphatic rings. The number of ether oxygens (including phenoxy) is 2. The Bertz CT molecular complexity index is 385. The lowest BCUT2D eigenvalue weighted by atomic mass is 10.1. The molecule has 1 rings (SSSR count). The molecule has 1 aromatic rings. The fraction of sp³-hybridized carbons (Fsp3) is 0.467. The summed E-state index contributed by atoms with van der Waals surface area (Å²) in [5, 5.41) is 0. The van der Waals surface area contributed by atoms with E-state index >= 15 is 0 Å². The molecule has 0 fully saturated rings. The summed E-state index contributed by atoms with van der Waals surface area (Å²) in [6, 6.07) is 8.30. The highest BCUT2D eigenvalue weighted by atomic mass is 28.2. The first-order valence-electron chi connectivity index (χ1n) is 6.52. The van der Waals surface area contributed by atoms with Gasteiger partial charge < -0.3 is 13.9 Å². The van der Waals surface area contributed by atoms with Gasteiger partial charge in [-0.3, -0.25) is 0 Å². The zero-order valence-electron chi connectivity index (χ0n) is 12.3. The minimum absolute atomic E-state index is 0.107. The van der Waals surface area contributed by atoms with E-state index in [2.05, 4.69) is 37.8 Å². The van der Waals surface area contributed by atoms with Gasteiger partial charge in [0.1, 0.15) is 0 Å². The predicted octanol–water partition coefficient (Wildman–Crippen LogP) is 2.85. The molecule has 4 heteroatoms. The molecule has 0 spiro atoms. The monoisotopic (exact) mass is 280 g/mol. The van der Waals surface area contributed by atoms with Crippen LogP contribution in [0.15, 0.2) is 30.8 Å². The Morgan fingerprint density at radius 1 is 1.26 bits per heavy atom. The largest absolute Gasteiger partial charge is 0.411 e. The van der Waals surface area contributed by atoms with Crippen molar-refractivity contribution >= 4 is 15.8 Å². The highest BCUT2D eigenvalue weighted by Crippen LogP contribution is 2.23. The highest BCUT2D eigenvalue weighted by molar-refractivity contribution is 6.30. The molecule has 0 heterocycles. The third kappa shape index (κ3) is 4.58. The fourth-order valence-electron chi connectivity index (χ4n) is 1.75. The summed E-state index contributed by atoms with van der Waals surface area (Å²) in [6.45, 7) is 7.80. The number of methoxy groups -OCH3 is 2. The van der Waals surface area contributed by atoms with Crippen LogP contribution in [0.3, 0.4) is 0 Å². The molecule has 0 saturated carbocycles. The number of benzene rings is 1. The van der Waals surface area contributed by atoms with Crippen molar-refractivity contribution in [2.45, 2.75) is 31.8 Å². The van der Waals surface area contributed by atoms with Crippen LogP contribution in [-0.2, 0) is 13.9 Å². The van der Waals surface area contributed by atoms with E-state index in [1.165, 1.54) is 5.56 Å². The van der Waals surface area contributed by atoms with Crippen molar-refractivity contribution in [3.63, 3.8) is 0 Å². The normalized spacial score (nSPS) is 13.9. The summed E-state index contributed by atoms with van der Waals surface area (Å²) >= 11 is 0. The molecule has 1 atom stereocenters. The Kier molecular flexibility index (Phi) is 6.44. The maximum absolute atomic E-state index is 6.06. The molecular weight excluding hydrogens is 256 g/mol. The summed E-state index contributed by atoms with van der Waals surface area (Å²) in [5.41, 5.74) is 1.75. The molecule has 0 N–H and O–H groups in total. The molecule has 106 valence electrons. The second-order valence-corrected chi connectivity index (χ2v) is 6.53. The lowest BCUT2D eigenvalue weighted by Crippen LogP contribution is -2.39. The van der Waals surface area contributed by atoms with Crippen LogP contribution in [0, 0.1) is 0 Å². The van der Waals surface area contributed by atoms with Gasteiger partial charge in [0.25, 0.3) is 0 Å². The van der Waals surface area contributed by atoms with Crippen LogP contribution >= 0.6 is 0 Å². The van der Waals surface area contributed by atoms with Gasteiger partial charge in [0.15, 0.2) is 5.41 Å². The van der Waals surface area contributed by atoms with Crippen LogP contribution < -0.4 is 0 Å². The van der Waals surface area contributed by atoms with Crippen LogP contribution in [0.4, 0.5) is 0 Å². The molecule has 1 unspecified atom stereocenters. The maximum atomic E-state index is 6.06.